The minimum atomic E-state index is -0.649. The van der Waals surface area contributed by atoms with Gasteiger partial charge in [0.15, 0.2) is 0 Å². The lowest BCUT2D eigenvalue weighted by Crippen LogP contribution is -2.48. The average molecular weight is 220 g/mol. The summed E-state index contributed by atoms with van der Waals surface area (Å²) in [5.74, 6) is 0.821. The zero-order chi connectivity index (χ0) is 11.6. The molecule has 16 heavy (non-hydrogen) atoms. The molecule has 0 aromatic carbocycles. The van der Waals surface area contributed by atoms with E-state index in [1.54, 1.807) is 0 Å². The topological polar surface area (TPSA) is 44.1 Å². The van der Waals surface area contributed by atoms with E-state index >= 15 is 0 Å². The number of hydrogen-bond acceptors (Lipinski definition) is 2. The maximum Gasteiger partial charge on any atom is 0.243 e. The summed E-state index contributed by atoms with van der Waals surface area (Å²) < 4.78 is 0. The van der Waals surface area contributed by atoms with E-state index in [4.69, 9.17) is 0 Å². The van der Waals surface area contributed by atoms with Crippen molar-refractivity contribution in [3.63, 3.8) is 0 Å². The molecule has 1 amide bonds. The summed E-state index contributed by atoms with van der Waals surface area (Å²) in [5.41, 5.74) is -0.649. The number of nitriles is 1. The second-order valence-electron chi connectivity index (χ2n) is 5.24. The molecule has 0 heterocycles. The van der Waals surface area contributed by atoms with Crippen LogP contribution in [0.4, 0.5) is 0 Å². The molecule has 2 fully saturated rings. The predicted molar refractivity (Wildman–Crippen MR) is 61.5 cm³/mol. The number of carbonyl (C=O) groups is 1. The highest BCUT2D eigenvalue weighted by molar-refractivity contribution is 5.86. The van der Waals surface area contributed by atoms with Crippen LogP contribution in [-0.2, 0) is 4.79 Å². The number of rotatable bonds is 5. The molecule has 0 N–H and O–H groups in total. The third-order valence-electron chi connectivity index (χ3n) is 3.79. The highest BCUT2D eigenvalue weighted by atomic mass is 16.2. The molecule has 0 bridgehead atoms. The largest absolute Gasteiger partial charge is 0.341 e. The minimum Gasteiger partial charge on any atom is -0.341 e. The lowest BCUT2D eigenvalue weighted by Gasteiger charge is -2.38. The Morgan fingerprint density at radius 3 is 2.56 bits per heavy atom. The van der Waals surface area contributed by atoms with Crippen molar-refractivity contribution in [2.45, 2.75) is 45.4 Å². The van der Waals surface area contributed by atoms with Gasteiger partial charge in [-0.05, 0) is 44.4 Å². The third-order valence-corrected chi connectivity index (χ3v) is 3.79. The lowest BCUT2D eigenvalue weighted by molar-refractivity contribution is -0.143. The molecule has 88 valence electrons. The number of hydrogen-bond donors (Lipinski definition) is 0. The Kier molecular flexibility index (Phi) is 3.18. The van der Waals surface area contributed by atoms with Crippen LogP contribution in [0.3, 0.4) is 0 Å². The van der Waals surface area contributed by atoms with Crippen molar-refractivity contribution in [2.24, 2.45) is 11.3 Å². The van der Waals surface area contributed by atoms with Gasteiger partial charge in [0.2, 0.25) is 5.91 Å². The van der Waals surface area contributed by atoms with Crippen LogP contribution >= 0.6 is 0 Å². The van der Waals surface area contributed by atoms with Crippen LogP contribution in [0.15, 0.2) is 0 Å². The van der Waals surface area contributed by atoms with Crippen molar-refractivity contribution in [3.05, 3.63) is 0 Å². The third kappa shape index (κ3) is 2.07. The van der Waals surface area contributed by atoms with Gasteiger partial charge in [0.25, 0.3) is 0 Å². The Morgan fingerprint density at radius 1 is 1.50 bits per heavy atom. The van der Waals surface area contributed by atoms with E-state index in [9.17, 15) is 10.1 Å². The summed E-state index contributed by atoms with van der Waals surface area (Å²) >= 11 is 0. The first kappa shape index (κ1) is 11.4. The Labute approximate surface area is 97.4 Å². The van der Waals surface area contributed by atoms with Gasteiger partial charge in [-0.1, -0.05) is 6.92 Å². The van der Waals surface area contributed by atoms with Crippen molar-refractivity contribution in [2.75, 3.05) is 13.1 Å². The van der Waals surface area contributed by atoms with E-state index in [2.05, 4.69) is 13.0 Å². The van der Waals surface area contributed by atoms with E-state index in [1.165, 1.54) is 12.8 Å². The first-order chi connectivity index (χ1) is 7.72. The molecular formula is C13H20N2O. The molecule has 0 unspecified atom stereocenters. The molecule has 2 saturated carbocycles. The molecule has 0 aromatic heterocycles. The van der Waals surface area contributed by atoms with Crippen molar-refractivity contribution in [1.29, 1.82) is 5.26 Å². The first-order valence-electron chi connectivity index (χ1n) is 6.42. The second kappa shape index (κ2) is 4.45. The van der Waals surface area contributed by atoms with Crippen LogP contribution < -0.4 is 0 Å². The highest BCUT2D eigenvalue weighted by Crippen LogP contribution is 2.42. The zero-order valence-electron chi connectivity index (χ0n) is 10.0. The molecule has 2 rings (SSSR count). The highest BCUT2D eigenvalue weighted by Gasteiger charge is 2.47. The van der Waals surface area contributed by atoms with E-state index in [-0.39, 0.29) is 5.91 Å². The molecule has 3 nitrogen and oxygen atoms in total. The summed E-state index contributed by atoms with van der Waals surface area (Å²) in [6.45, 7) is 3.79. The standard InChI is InChI=1S/C13H20N2O/c1-2-8-15(9-11-4-5-11)12(16)13(10-14)6-3-7-13/h11H,2-9H2,1H3. The zero-order valence-corrected chi connectivity index (χ0v) is 10.0. The molecule has 0 atom stereocenters. The molecule has 0 saturated heterocycles. The van der Waals surface area contributed by atoms with Crippen LogP contribution in [0.5, 0.6) is 0 Å². The summed E-state index contributed by atoms with van der Waals surface area (Å²) in [6, 6.07) is 2.26. The lowest BCUT2D eigenvalue weighted by atomic mass is 9.69. The molecular weight excluding hydrogens is 200 g/mol. The van der Waals surface area contributed by atoms with Gasteiger partial charge in [-0.3, -0.25) is 4.79 Å². The quantitative estimate of drug-likeness (QED) is 0.713. The number of carbonyl (C=O) groups excluding carboxylic acids is 1. The van der Waals surface area contributed by atoms with Gasteiger partial charge in [0.1, 0.15) is 5.41 Å². The van der Waals surface area contributed by atoms with Gasteiger partial charge < -0.3 is 4.90 Å². The Balaban J connectivity index is 2.00. The van der Waals surface area contributed by atoms with Crippen molar-refractivity contribution in [3.8, 4) is 6.07 Å². The minimum absolute atomic E-state index is 0.106. The fraction of sp³-hybridized carbons (Fsp3) is 0.846. The summed E-state index contributed by atoms with van der Waals surface area (Å²) in [7, 11) is 0. The fourth-order valence-electron chi connectivity index (χ4n) is 2.36. The maximum atomic E-state index is 12.3. The molecule has 0 aromatic rings. The average Bonchev–Trinajstić information content (AvgIpc) is 3.00. The summed E-state index contributed by atoms with van der Waals surface area (Å²) in [6.07, 6.45) is 6.07. The van der Waals surface area contributed by atoms with Crippen LogP contribution in [-0.4, -0.2) is 23.9 Å². The Morgan fingerprint density at radius 2 is 2.19 bits per heavy atom. The maximum absolute atomic E-state index is 12.3. The predicted octanol–water partition coefficient (Wildman–Crippen LogP) is 2.33. The fourth-order valence-corrected chi connectivity index (χ4v) is 2.36. The summed E-state index contributed by atoms with van der Waals surface area (Å²) in [5, 5.41) is 9.18. The molecule has 0 spiro atoms. The van der Waals surface area contributed by atoms with Crippen LogP contribution in [0, 0.1) is 22.7 Å². The molecule has 2 aliphatic rings. The van der Waals surface area contributed by atoms with E-state index in [0.717, 1.165) is 38.8 Å². The first-order valence-corrected chi connectivity index (χ1v) is 6.42. The van der Waals surface area contributed by atoms with Crippen LogP contribution in [0.25, 0.3) is 0 Å². The van der Waals surface area contributed by atoms with Gasteiger partial charge in [0, 0.05) is 13.1 Å². The van der Waals surface area contributed by atoms with Crippen LogP contribution in [0.1, 0.15) is 45.4 Å². The molecule has 2 aliphatic carbocycles. The number of nitrogens with zero attached hydrogens (tertiary/aromatic N) is 2. The normalized spacial score (nSPS) is 22.0. The van der Waals surface area contributed by atoms with Gasteiger partial charge in [-0.15, -0.1) is 0 Å². The molecule has 0 radical (unpaired) electrons. The smallest absolute Gasteiger partial charge is 0.243 e. The molecule has 0 aliphatic heterocycles. The van der Waals surface area contributed by atoms with Gasteiger partial charge in [-0.2, -0.15) is 5.26 Å². The Hall–Kier alpha value is -1.04. The molecule has 3 heteroatoms. The van der Waals surface area contributed by atoms with E-state index < -0.39 is 5.41 Å². The van der Waals surface area contributed by atoms with E-state index in [0.29, 0.717) is 5.92 Å². The monoisotopic (exact) mass is 220 g/mol. The van der Waals surface area contributed by atoms with E-state index in [1.807, 2.05) is 4.90 Å². The van der Waals surface area contributed by atoms with Gasteiger partial charge in [-0.25, -0.2) is 0 Å². The van der Waals surface area contributed by atoms with Gasteiger partial charge in [0.05, 0.1) is 6.07 Å². The van der Waals surface area contributed by atoms with Crippen LogP contribution in [0.2, 0.25) is 0 Å². The Bertz CT molecular complexity index is 310. The number of amides is 1. The van der Waals surface area contributed by atoms with Crippen molar-refractivity contribution >= 4 is 5.91 Å². The SMILES string of the molecule is CCCN(CC1CC1)C(=O)C1(C#N)CCC1. The summed E-state index contributed by atoms with van der Waals surface area (Å²) in [4.78, 5) is 14.3. The van der Waals surface area contributed by atoms with Crippen molar-refractivity contribution in [1.82, 2.24) is 4.90 Å². The van der Waals surface area contributed by atoms with Crippen molar-refractivity contribution < 1.29 is 4.79 Å². The van der Waals surface area contributed by atoms with Gasteiger partial charge >= 0.3 is 0 Å². The second-order valence-corrected chi connectivity index (χ2v) is 5.24.